The molecule has 0 spiro atoms. The number of hydrogen-bond donors (Lipinski definition) is 2. The lowest BCUT2D eigenvalue weighted by Crippen LogP contribution is -2.14. The minimum absolute atomic E-state index is 0.478. The molecule has 0 unspecified atom stereocenters. The van der Waals surface area contributed by atoms with Crippen molar-refractivity contribution in [3.05, 3.63) is 217 Å². The Hall–Kier alpha value is -7.34. The Morgan fingerprint density at radius 2 is 1.10 bits per heavy atom. The minimum atomic E-state index is 0.478. The second kappa shape index (κ2) is 14.0. The Balaban J connectivity index is 0.982. The molecule has 2 N–H and O–H groups in total. The van der Waals surface area contributed by atoms with Crippen molar-refractivity contribution in [1.82, 2.24) is 4.68 Å². The molecule has 2 heterocycles. The summed E-state index contributed by atoms with van der Waals surface area (Å²) < 4.78 is 2.20. The average molecular weight is 761 g/mol. The Kier molecular flexibility index (Phi) is 8.19. The molecule has 1 aliphatic rings. The topological polar surface area (TPSA) is 44.1 Å². The summed E-state index contributed by atoms with van der Waals surface area (Å²) in [5.41, 5.74) is 17.2. The number of para-hydroxylation sites is 3. The van der Waals surface area contributed by atoms with Crippen molar-refractivity contribution < 1.29 is 0 Å². The summed E-state index contributed by atoms with van der Waals surface area (Å²) in [6.07, 6.45) is 0. The molecule has 1 aromatic heterocycles. The van der Waals surface area contributed by atoms with Crippen molar-refractivity contribution in [1.29, 1.82) is 5.41 Å². The molecule has 0 bridgehead atoms. The van der Waals surface area contributed by atoms with Gasteiger partial charge in [-0.05, 0) is 87.6 Å². The van der Waals surface area contributed by atoms with Crippen molar-refractivity contribution >= 4 is 72.8 Å². The lowest BCUT2D eigenvalue weighted by atomic mass is 9.98. The number of aromatic nitrogens is 1. The Morgan fingerprint density at radius 3 is 1.93 bits per heavy atom. The third kappa shape index (κ3) is 5.75. The van der Waals surface area contributed by atoms with Crippen LogP contribution in [0.15, 0.2) is 216 Å². The fourth-order valence-corrected chi connectivity index (χ4v) is 9.51. The van der Waals surface area contributed by atoms with Crippen LogP contribution in [0.1, 0.15) is 11.1 Å². The number of hydrogen-bond acceptors (Lipinski definition) is 4. The zero-order valence-electron chi connectivity index (χ0n) is 31.4. The molecule has 9 aromatic carbocycles. The van der Waals surface area contributed by atoms with Gasteiger partial charge in [0.05, 0.1) is 33.8 Å². The quantitative estimate of drug-likeness (QED) is 0.159. The number of fused-ring (bicyclic) bond motifs is 7. The molecule has 0 amide bonds. The van der Waals surface area contributed by atoms with Crippen LogP contribution in [0.3, 0.4) is 0 Å². The van der Waals surface area contributed by atoms with E-state index in [0.717, 1.165) is 44.7 Å². The summed E-state index contributed by atoms with van der Waals surface area (Å²) in [5, 5.41) is 14.0. The van der Waals surface area contributed by atoms with Gasteiger partial charge in [0.1, 0.15) is 0 Å². The molecule has 274 valence electrons. The highest BCUT2D eigenvalue weighted by atomic mass is 32.2. The van der Waals surface area contributed by atoms with Crippen LogP contribution >= 0.6 is 11.8 Å². The van der Waals surface area contributed by atoms with Gasteiger partial charge in [0.15, 0.2) is 0 Å². The highest BCUT2D eigenvalue weighted by Gasteiger charge is 2.25. The van der Waals surface area contributed by atoms with Crippen LogP contribution in [0.25, 0.3) is 54.8 Å². The highest BCUT2D eigenvalue weighted by Crippen LogP contribution is 2.52. The molecule has 0 saturated carbocycles. The van der Waals surface area contributed by atoms with E-state index in [1.54, 1.807) is 0 Å². The Morgan fingerprint density at radius 1 is 0.466 bits per heavy atom. The van der Waals surface area contributed by atoms with Crippen LogP contribution < -0.4 is 10.3 Å². The number of nitrogens with one attached hydrogen (secondary N) is 2. The zero-order valence-corrected chi connectivity index (χ0v) is 32.2. The lowest BCUT2D eigenvalue weighted by molar-refractivity contribution is 1.06. The molecule has 0 saturated heterocycles. The molecule has 0 fully saturated rings. The smallest absolute Gasteiger partial charge is 0.0716 e. The second-order valence-electron chi connectivity index (χ2n) is 14.6. The third-order valence-corrected chi connectivity index (χ3v) is 12.4. The van der Waals surface area contributed by atoms with E-state index >= 15 is 0 Å². The molecule has 10 aromatic rings. The predicted molar refractivity (Wildman–Crippen MR) is 244 cm³/mol. The number of rotatable bonds is 7. The first-order chi connectivity index (χ1) is 28.7. The van der Waals surface area contributed by atoms with Crippen LogP contribution in [-0.4, -0.2) is 10.4 Å². The first kappa shape index (κ1) is 34.0. The molecular formula is C53H36N4S. The normalized spacial score (nSPS) is 12.1. The van der Waals surface area contributed by atoms with Crippen molar-refractivity contribution in [3.63, 3.8) is 0 Å². The SMILES string of the molecule is N=C(c1ccccc1)c1ccccc1Nn1c2cc(-c3ccc(-c4ccc5c(c4)Sc4ccccc4N5c4ccccc4)cc3)ccc2c2c3ccccc3ccc21. The fourth-order valence-electron chi connectivity index (χ4n) is 8.41. The van der Waals surface area contributed by atoms with Crippen molar-refractivity contribution in [2.75, 3.05) is 10.3 Å². The van der Waals surface area contributed by atoms with E-state index in [4.69, 9.17) is 5.41 Å². The molecule has 1 aliphatic heterocycles. The van der Waals surface area contributed by atoms with Gasteiger partial charge in [0.2, 0.25) is 0 Å². The molecular weight excluding hydrogens is 725 g/mol. The second-order valence-corrected chi connectivity index (χ2v) is 15.7. The molecule has 0 atom stereocenters. The van der Waals surface area contributed by atoms with E-state index < -0.39 is 0 Å². The van der Waals surface area contributed by atoms with Gasteiger partial charge in [-0.15, -0.1) is 0 Å². The first-order valence-electron chi connectivity index (χ1n) is 19.5. The maximum absolute atomic E-state index is 9.17. The summed E-state index contributed by atoms with van der Waals surface area (Å²) in [5.74, 6) is 0. The van der Waals surface area contributed by atoms with E-state index in [1.807, 2.05) is 60.3 Å². The average Bonchev–Trinajstić information content (AvgIpc) is 3.61. The van der Waals surface area contributed by atoms with Gasteiger partial charge in [0.25, 0.3) is 0 Å². The molecule has 0 radical (unpaired) electrons. The van der Waals surface area contributed by atoms with Gasteiger partial charge in [-0.2, -0.15) is 0 Å². The van der Waals surface area contributed by atoms with E-state index in [2.05, 4.69) is 173 Å². The number of anilines is 4. The van der Waals surface area contributed by atoms with Crippen molar-refractivity contribution in [2.45, 2.75) is 9.79 Å². The molecule has 11 rings (SSSR count). The van der Waals surface area contributed by atoms with Gasteiger partial charge in [-0.25, -0.2) is 0 Å². The maximum atomic E-state index is 9.17. The van der Waals surface area contributed by atoms with Crippen LogP contribution in [0, 0.1) is 5.41 Å². The fraction of sp³-hybridized carbons (Fsp3) is 0. The summed E-state index contributed by atoms with van der Waals surface area (Å²) in [6, 6.07) is 72.9. The number of benzene rings is 9. The largest absolute Gasteiger partial charge is 0.308 e. The minimum Gasteiger partial charge on any atom is -0.308 e. The molecule has 4 nitrogen and oxygen atoms in total. The predicted octanol–water partition coefficient (Wildman–Crippen LogP) is 14.5. The van der Waals surface area contributed by atoms with E-state index in [0.29, 0.717) is 5.71 Å². The summed E-state index contributed by atoms with van der Waals surface area (Å²) in [4.78, 5) is 4.86. The Labute approximate surface area is 341 Å². The lowest BCUT2D eigenvalue weighted by Gasteiger charge is -2.33. The first-order valence-corrected chi connectivity index (χ1v) is 20.3. The van der Waals surface area contributed by atoms with Gasteiger partial charge < -0.3 is 4.90 Å². The zero-order chi connectivity index (χ0) is 38.6. The Bertz CT molecular complexity index is 3190. The highest BCUT2D eigenvalue weighted by molar-refractivity contribution is 7.99. The molecule has 5 heteroatoms. The van der Waals surface area contributed by atoms with Crippen LogP contribution in [0.2, 0.25) is 0 Å². The third-order valence-electron chi connectivity index (χ3n) is 11.2. The summed E-state index contributed by atoms with van der Waals surface area (Å²) in [6.45, 7) is 0. The van der Waals surface area contributed by atoms with Gasteiger partial charge in [0, 0.05) is 37.4 Å². The standard InChI is InChI=1S/C53H36N4S/c54-53(38-14-3-1-4-15-38)43-19-9-10-20-45(43)55-57-48-32-28-37-13-7-8-18-42(37)52(48)44-30-27-39(33-49(44)57)35-23-25-36(26-24-35)40-29-31-47-51(34-40)58-50-22-12-11-21-46(50)56(47)41-16-5-2-6-17-41/h1-34,54-55H. The van der Waals surface area contributed by atoms with Gasteiger partial charge in [-0.3, -0.25) is 15.5 Å². The summed E-state index contributed by atoms with van der Waals surface area (Å²) in [7, 11) is 0. The van der Waals surface area contributed by atoms with Crippen LogP contribution in [-0.2, 0) is 0 Å². The van der Waals surface area contributed by atoms with Crippen LogP contribution in [0.5, 0.6) is 0 Å². The molecule has 0 aliphatic carbocycles. The maximum Gasteiger partial charge on any atom is 0.0716 e. The van der Waals surface area contributed by atoms with Crippen molar-refractivity contribution in [2.24, 2.45) is 0 Å². The van der Waals surface area contributed by atoms with Gasteiger partial charge in [-0.1, -0.05) is 163 Å². The van der Waals surface area contributed by atoms with Crippen molar-refractivity contribution in [3.8, 4) is 22.3 Å². The van der Waals surface area contributed by atoms with E-state index in [9.17, 15) is 0 Å². The van der Waals surface area contributed by atoms with Crippen LogP contribution in [0.4, 0.5) is 22.7 Å². The monoisotopic (exact) mass is 760 g/mol. The molecule has 58 heavy (non-hydrogen) atoms. The van der Waals surface area contributed by atoms with Gasteiger partial charge >= 0.3 is 0 Å². The number of nitrogens with zero attached hydrogens (tertiary/aromatic N) is 2. The summed E-state index contributed by atoms with van der Waals surface area (Å²) >= 11 is 1.83. The van der Waals surface area contributed by atoms with E-state index in [-0.39, 0.29) is 0 Å². The van der Waals surface area contributed by atoms with E-state index in [1.165, 1.54) is 53.8 Å².